The van der Waals surface area contributed by atoms with E-state index in [0.29, 0.717) is 24.5 Å². The highest BCUT2D eigenvalue weighted by Gasteiger charge is 2.34. The van der Waals surface area contributed by atoms with Crippen LogP contribution >= 0.6 is 0 Å². The SMILES string of the molecule is O=C(Nc1cccc(NS(=O)(=O)c2ccccc2)c1)C1CC(=O)N(CCc2ccccc2)C1. The fourth-order valence-electron chi connectivity index (χ4n) is 3.79. The van der Waals surface area contributed by atoms with E-state index in [-0.39, 0.29) is 23.1 Å². The predicted octanol–water partition coefficient (Wildman–Crippen LogP) is 3.52. The third-order valence-corrected chi connectivity index (χ3v) is 6.93. The first-order valence-electron chi connectivity index (χ1n) is 10.7. The van der Waals surface area contributed by atoms with Gasteiger partial charge in [0, 0.05) is 25.2 Å². The maximum atomic E-state index is 12.8. The van der Waals surface area contributed by atoms with Gasteiger partial charge in [-0.25, -0.2) is 8.42 Å². The average Bonchev–Trinajstić information content (AvgIpc) is 3.19. The molecule has 1 unspecified atom stereocenters. The van der Waals surface area contributed by atoms with Crippen molar-refractivity contribution < 1.29 is 18.0 Å². The molecule has 1 aliphatic heterocycles. The van der Waals surface area contributed by atoms with E-state index in [1.54, 1.807) is 47.4 Å². The van der Waals surface area contributed by atoms with Crippen LogP contribution in [0.2, 0.25) is 0 Å². The number of anilines is 2. The molecule has 170 valence electrons. The molecule has 2 N–H and O–H groups in total. The smallest absolute Gasteiger partial charge is 0.261 e. The number of hydrogen-bond acceptors (Lipinski definition) is 4. The molecule has 1 fully saturated rings. The molecule has 0 saturated carbocycles. The van der Waals surface area contributed by atoms with Gasteiger partial charge in [-0.3, -0.25) is 14.3 Å². The quantitative estimate of drug-likeness (QED) is 0.534. The van der Waals surface area contributed by atoms with E-state index in [4.69, 9.17) is 0 Å². The molecule has 1 atom stereocenters. The van der Waals surface area contributed by atoms with Crippen LogP contribution in [0.1, 0.15) is 12.0 Å². The minimum Gasteiger partial charge on any atom is -0.342 e. The Kier molecular flexibility index (Phi) is 6.74. The van der Waals surface area contributed by atoms with Crippen LogP contribution in [0.25, 0.3) is 0 Å². The van der Waals surface area contributed by atoms with Gasteiger partial charge in [-0.05, 0) is 42.3 Å². The van der Waals surface area contributed by atoms with E-state index in [1.807, 2.05) is 30.3 Å². The zero-order valence-electron chi connectivity index (χ0n) is 18.0. The number of benzene rings is 3. The van der Waals surface area contributed by atoms with Crippen LogP contribution in [0.3, 0.4) is 0 Å². The maximum absolute atomic E-state index is 12.8. The number of likely N-dealkylation sites (tertiary alicyclic amines) is 1. The van der Waals surface area contributed by atoms with Crippen LogP contribution in [-0.2, 0) is 26.0 Å². The number of amides is 2. The lowest BCUT2D eigenvalue weighted by Gasteiger charge is -2.17. The molecule has 1 heterocycles. The van der Waals surface area contributed by atoms with E-state index >= 15 is 0 Å². The van der Waals surface area contributed by atoms with Crippen LogP contribution in [0.15, 0.2) is 89.8 Å². The van der Waals surface area contributed by atoms with Crippen LogP contribution in [-0.4, -0.2) is 38.2 Å². The van der Waals surface area contributed by atoms with Gasteiger partial charge in [0.25, 0.3) is 10.0 Å². The van der Waals surface area contributed by atoms with Crippen molar-refractivity contribution in [2.24, 2.45) is 5.92 Å². The van der Waals surface area contributed by atoms with Crippen molar-refractivity contribution in [3.05, 3.63) is 90.5 Å². The van der Waals surface area contributed by atoms with Crippen molar-refractivity contribution >= 4 is 33.2 Å². The van der Waals surface area contributed by atoms with Crippen LogP contribution in [0.4, 0.5) is 11.4 Å². The minimum absolute atomic E-state index is 0.0320. The normalized spacial score (nSPS) is 15.9. The Morgan fingerprint density at radius 2 is 1.58 bits per heavy atom. The third-order valence-electron chi connectivity index (χ3n) is 5.53. The van der Waals surface area contributed by atoms with Gasteiger partial charge in [-0.2, -0.15) is 0 Å². The molecule has 3 aromatic rings. The second-order valence-electron chi connectivity index (χ2n) is 7.97. The summed E-state index contributed by atoms with van der Waals surface area (Å²) in [4.78, 5) is 27.0. The van der Waals surface area contributed by atoms with E-state index in [2.05, 4.69) is 10.0 Å². The fraction of sp³-hybridized carbons (Fsp3) is 0.200. The first kappa shape index (κ1) is 22.5. The fourth-order valence-corrected chi connectivity index (χ4v) is 4.86. The zero-order chi connectivity index (χ0) is 23.3. The zero-order valence-corrected chi connectivity index (χ0v) is 18.8. The maximum Gasteiger partial charge on any atom is 0.261 e. The van der Waals surface area contributed by atoms with Crippen molar-refractivity contribution in [3.8, 4) is 0 Å². The van der Waals surface area contributed by atoms with Gasteiger partial charge in [0.05, 0.1) is 16.5 Å². The Bertz CT molecular complexity index is 1230. The molecule has 7 nitrogen and oxygen atoms in total. The summed E-state index contributed by atoms with van der Waals surface area (Å²) >= 11 is 0. The molecule has 0 spiro atoms. The summed E-state index contributed by atoms with van der Waals surface area (Å²) in [7, 11) is -3.73. The number of hydrogen-bond donors (Lipinski definition) is 2. The van der Waals surface area contributed by atoms with Crippen molar-refractivity contribution in [3.63, 3.8) is 0 Å². The molecule has 8 heteroatoms. The van der Waals surface area contributed by atoms with Gasteiger partial charge in [0.2, 0.25) is 11.8 Å². The number of carbonyl (C=O) groups excluding carboxylic acids is 2. The van der Waals surface area contributed by atoms with E-state index in [9.17, 15) is 18.0 Å². The third kappa shape index (κ3) is 5.78. The first-order chi connectivity index (χ1) is 15.9. The van der Waals surface area contributed by atoms with Crippen molar-refractivity contribution in [1.82, 2.24) is 4.90 Å². The lowest BCUT2D eigenvalue weighted by atomic mass is 10.1. The molecule has 4 rings (SSSR count). The van der Waals surface area contributed by atoms with Gasteiger partial charge in [0.15, 0.2) is 0 Å². The number of nitrogens with one attached hydrogen (secondary N) is 2. The number of sulfonamides is 1. The van der Waals surface area contributed by atoms with E-state index in [1.165, 1.54) is 12.1 Å². The summed E-state index contributed by atoms with van der Waals surface area (Å²) in [5, 5.41) is 2.81. The molecule has 2 amide bonds. The lowest BCUT2D eigenvalue weighted by Crippen LogP contribution is -2.30. The summed E-state index contributed by atoms with van der Waals surface area (Å²) in [6, 6.07) is 24.5. The Morgan fingerprint density at radius 3 is 2.30 bits per heavy atom. The topological polar surface area (TPSA) is 95.6 Å². The van der Waals surface area contributed by atoms with E-state index in [0.717, 1.165) is 12.0 Å². The molecule has 0 aromatic heterocycles. The van der Waals surface area contributed by atoms with Gasteiger partial charge < -0.3 is 10.2 Å². The summed E-state index contributed by atoms with van der Waals surface area (Å²) in [6.45, 7) is 0.946. The van der Waals surface area contributed by atoms with Crippen LogP contribution in [0, 0.1) is 5.92 Å². The van der Waals surface area contributed by atoms with E-state index < -0.39 is 15.9 Å². The average molecular weight is 464 g/mol. The Hall–Kier alpha value is -3.65. The molecule has 0 aliphatic carbocycles. The second kappa shape index (κ2) is 9.87. The Labute approximate surface area is 193 Å². The Morgan fingerprint density at radius 1 is 0.909 bits per heavy atom. The Balaban J connectivity index is 1.35. The molecule has 0 bridgehead atoms. The molecule has 1 aliphatic rings. The van der Waals surface area contributed by atoms with Crippen LogP contribution < -0.4 is 10.0 Å². The molecule has 1 saturated heterocycles. The van der Waals surface area contributed by atoms with Crippen LogP contribution in [0.5, 0.6) is 0 Å². The first-order valence-corrected chi connectivity index (χ1v) is 12.2. The largest absolute Gasteiger partial charge is 0.342 e. The number of nitrogens with zero attached hydrogens (tertiary/aromatic N) is 1. The summed E-state index contributed by atoms with van der Waals surface area (Å²) in [5.74, 6) is -0.734. The van der Waals surface area contributed by atoms with Gasteiger partial charge in [-0.15, -0.1) is 0 Å². The summed E-state index contributed by atoms with van der Waals surface area (Å²) in [5.41, 5.74) is 1.94. The van der Waals surface area contributed by atoms with Crippen molar-refractivity contribution in [2.75, 3.05) is 23.1 Å². The van der Waals surface area contributed by atoms with Gasteiger partial charge >= 0.3 is 0 Å². The molecule has 3 aromatic carbocycles. The molecule has 33 heavy (non-hydrogen) atoms. The van der Waals surface area contributed by atoms with Crippen molar-refractivity contribution in [2.45, 2.75) is 17.7 Å². The monoisotopic (exact) mass is 463 g/mol. The highest BCUT2D eigenvalue weighted by atomic mass is 32.2. The standard InChI is InChI=1S/C25H25N3O4S/c29-24-16-20(18-28(24)15-14-19-8-3-1-4-9-19)25(30)26-21-10-7-11-22(17-21)27-33(31,32)23-12-5-2-6-13-23/h1-13,17,20,27H,14-16,18H2,(H,26,30). The highest BCUT2D eigenvalue weighted by molar-refractivity contribution is 7.92. The minimum atomic E-state index is -3.73. The summed E-state index contributed by atoms with van der Waals surface area (Å²) in [6.07, 6.45) is 0.908. The number of rotatable bonds is 8. The molecular weight excluding hydrogens is 438 g/mol. The lowest BCUT2D eigenvalue weighted by molar-refractivity contribution is -0.128. The van der Waals surface area contributed by atoms with Gasteiger partial charge in [0.1, 0.15) is 0 Å². The molecule has 0 radical (unpaired) electrons. The molecular formula is C25H25N3O4S. The summed E-state index contributed by atoms with van der Waals surface area (Å²) < 4.78 is 27.6. The number of carbonyl (C=O) groups is 2. The second-order valence-corrected chi connectivity index (χ2v) is 9.65. The predicted molar refractivity (Wildman–Crippen MR) is 127 cm³/mol. The highest BCUT2D eigenvalue weighted by Crippen LogP contribution is 2.23. The van der Waals surface area contributed by atoms with Crippen molar-refractivity contribution in [1.29, 1.82) is 0 Å². The van der Waals surface area contributed by atoms with Gasteiger partial charge in [-0.1, -0.05) is 54.6 Å².